The highest BCUT2D eigenvalue weighted by molar-refractivity contribution is 5.47. The maximum atomic E-state index is 10.5. The van der Waals surface area contributed by atoms with Crippen molar-refractivity contribution in [3.05, 3.63) is 23.3 Å². The van der Waals surface area contributed by atoms with E-state index < -0.39 is 11.6 Å². The minimum atomic E-state index is -0.815. The maximum absolute atomic E-state index is 10.5. The van der Waals surface area contributed by atoms with Crippen LogP contribution in [-0.4, -0.2) is 23.7 Å². The van der Waals surface area contributed by atoms with Gasteiger partial charge in [-0.3, -0.25) is 0 Å². The summed E-state index contributed by atoms with van der Waals surface area (Å²) >= 11 is 0. The van der Waals surface area contributed by atoms with E-state index in [1.807, 2.05) is 26.0 Å². The molecule has 1 rings (SSSR count). The molecule has 0 aromatic rings. The van der Waals surface area contributed by atoms with Crippen molar-refractivity contribution >= 4 is 12.2 Å². The number of aliphatic imine (C=N–C) groups is 2. The lowest BCUT2D eigenvalue weighted by atomic mass is 9.79. The average molecular weight is 232 g/mol. The van der Waals surface area contributed by atoms with Crippen LogP contribution in [0.2, 0.25) is 0 Å². The van der Waals surface area contributed by atoms with Crippen molar-refractivity contribution in [2.24, 2.45) is 9.98 Å². The molecule has 0 aromatic carbocycles. The maximum Gasteiger partial charge on any atom is 0.235 e. The molecule has 0 heterocycles. The molecule has 0 amide bonds. The van der Waals surface area contributed by atoms with E-state index in [9.17, 15) is 9.59 Å². The van der Waals surface area contributed by atoms with Crippen LogP contribution in [-0.2, 0) is 9.59 Å². The smallest absolute Gasteiger partial charge is 0.211 e. The highest BCUT2D eigenvalue weighted by Gasteiger charge is 2.37. The summed E-state index contributed by atoms with van der Waals surface area (Å²) in [4.78, 5) is 28.6. The molecule has 0 aliphatic heterocycles. The van der Waals surface area contributed by atoms with Gasteiger partial charge in [0.15, 0.2) is 0 Å². The molecule has 0 aromatic heterocycles. The van der Waals surface area contributed by atoms with E-state index in [-0.39, 0.29) is 0 Å². The molecule has 4 heteroatoms. The Kier molecular flexibility index (Phi) is 4.33. The van der Waals surface area contributed by atoms with E-state index in [1.165, 1.54) is 0 Å². The summed E-state index contributed by atoms with van der Waals surface area (Å²) in [6.07, 6.45) is 8.64. The summed E-state index contributed by atoms with van der Waals surface area (Å²) in [6.45, 7) is 5.80. The highest BCUT2D eigenvalue weighted by Crippen LogP contribution is 2.34. The molecular formula is C13H16N2O2. The van der Waals surface area contributed by atoms with Crippen LogP contribution in [0, 0.1) is 0 Å². The van der Waals surface area contributed by atoms with Gasteiger partial charge in [0.05, 0.1) is 0 Å². The van der Waals surface area contributed by atoms with Crippen molar-refractivity contribution in [1.82, 2.24) is 0 Å². The molecule has 0 saturated carbocycles. The number of carbonyl (C=O) groups excluding carboxylic acids is 2. The molecule has 0 radical (unpaired) electrons. The Bertz CT molecular complexity index is 452. The zero-order valence-corrected chi connectivity index (χ0v) is 10.4. The van der Waals surface area contributed by atoms with Gasteiger partial charge in [0.1, 0.15) is 11.6 Å². The molecule has 4 nitrogen and oxygen atoms in total. The SMILES string of the molecule is CCC1=CC(C)(N=C=O)C(N=C=O)C(CC)=C1. The first kappa shape index (κ1) is 13.3. The molecule has 90 valence electrons. The quantitative estimate of drug-likeness (QED) is 0.552. The lowest BCUT2D eigenvalue weighted by molar-refractivity contribution is 0.471. The van der Waals surface area contributed by atoms with Crippen molar-refractivity contribution in [3.8, 4) is 0 Å². The second kappa shape index (κ2) is 5.53. The first-order chi connectivity index (χ1) is 8.11. The highest BCUT2D eigenvalue weighted by atomic mass is 16.1. The molecule has 1 aliphatic rings. The van der Waals surface area contributed by atoms with Crippen LogP contribution in [0.3, 0.4) is 0 Å². The third kappa shape index (κ3) is 2.68. The minimum Gasteiger partial charge on any atom is -0.211 e. The second-order valence-corrected chi connectivity index (χ2v) is 4.20. The van der Waals surface area contributed by atoms with E-state index in [0.717, 1.165) is 24.0 Å². The van der Waals surface area contributed by atoms with Crippen LogP contribution in [0.4, 0.5) is 0 Å². The largest absolute Gasteiger partial charge is 0.235 e. The van der Waals surface area contributed by atoms with Crippen molar-refractivity contribution in [2.75, 3.05) is 0 Å². The fraction of sp³-hybridized carbons (Fsp3) is 0.538. The van der Waals surface area contributed by atoms with Gasteiger partial charge in [0, 0.05) is 0 Å². The van der Waals surface area contributed by atoms with Crippen LogP contribution < -0.4 is 0 Å². The van der Waals surface area contributed by atoms with Crippen molar-refractivity contribution in [3.63, 3.8) is 0 Å². The summed E-state index contributed by atoms with van der Waals surface area (Å²) in [5, 5.41) is 0. The second-order valence-electron chi connectivity index (χ2n) is 4.20. The monoisotopic (exact) mass is 232 g/mol. The van der Waals surface area contributed by atoms with Crippen molar-refractivity contribution < 1.29 is 9.59 Å². The van der Waals surface area contributed by atoms with Crippen molar-refractivity contribution in [2.45, 2.75) is 45.2 Å². The van der Waals surface area contributed by atoms with Crippen molar-refractivity contribution in [1.29, 1.82) is 0 Å². The Labute approximate surface area is 101 Å². The van der Waals surface area contributed by atoms with E-state index in [2.05, 4.69) is 9.98 Å². The fourth-order valence-corrected chi connectivity index (χ4v) is 2.15. The van der Waals surface area contributed by atoms with Gasteiger partial charge in [-0.25, -0.2) is 9.59 Å². The van der Waals surface area contributed by atoms with E-state index >= 15 is 0 Å². The van der Waals surface area contributed by atoms with Crippen LogP contribution in [0.25, 0.3) is 0 Å². The van der Waals surface area contributed by atoms with Gasteiger partial charge >= 0.3 is 0 Å². The summed E-state index contributed by atoms with van der Waals surface area (Å²) in [5.41, 5.74) is 1.28. The lowest BCUT2D eigenvalue weighted by Gasteiger charge is -2.32. The summed E-state index contributed by atoms with van der Waals surface area (Å²) in [6, 6.07) is -0.443. The number of isocyanates is 2. The standard InChI is InChI=1S/C13H16N2O2/c1-4-10-6-11(5-2)12(14-8-16)13(3,7-10)15-9-17/h6-7,12H,4-5H2,1-3H3. The Morgan fingerprint density at radius 3 is 2.47 bits per heavy atom. The first-order valence-electron chi connectivity index (χ1n) is 5.69. The minimum absolute atomic E-state index is 0.443. The van der Waals surface area contributed by atoms with Gasteiger partial charge < -0.3 is 0 Å². The predicted octanol–water partition coefficient (Wildman–Crippen LogP) is 2.47. The molecule has 0 fully saturated rings. The van der Waals surface area contributed by atoms with Gasteiger partial charge in [-0.2, -0.15) is 9.98 Å². The zero-order valence-electron chi connectivity index (χ0n) is 10.4. The zero-order chi connectivity index (χ0) is 12.9. The third-order valence-corrected chi connectivity index (χ3v) is 3.04. The summed E-state index contributed by atoms with van der Waals surface area (Å²) in [7, 11) is 0. The molecule has 0 N–H and O–H groups in total. The molecule has 2 atom stereocenters. The van der Waals surface area contributed by atoms with Gasteiger partial charge in [-0.15, -0.1) is 0 Å². The molecule has 0 saturated heterocycles. The summed E-state index contributed by atoms with van der Waals surface area (Å²) in [5.74, 6) is 0. The molecule has 17 heavy (non-hydrogen) atoms. The van der Waals surface area contributed by atoms with Gasteiger partial charge in [0.2, 0.25) is 12.2 Å². The van der Waals surface area contributed by atoms with E-state index in [0.29, 0.717) is 0 Å². The number of rotatable bonds is 4. The first-order valence-corrected chi connectivity index (χ1v) is 5.69. The molecule has 0 spiro atoms. The van der Waals surface area contributed by atoms with Crippen LogP contribution in [0.5, 0.6) is 0 Å². The summed E-state index contributed by atoms with van der Waals surface area (Å²) < 4.78 is 0. The van der Waals surface area contributed by atoms with Gasteiger partial charge in [-0.1, -0.05) is 26.0 Å². The topological polar surface area (TPSA) is 58.9 Å². The number of nitrogens with zero attached hydrogens (tertiary/aromatic N) is 2. The Morgan fingerprint density at radius 2 is 2.00 bits per heavy atom. The number of hydrogen-bond donors (Lipinski definition) is 0. The van der Waals surface area contributed by atoms with E-state index in [1.54, 1.807) is 19.1 Å². The Balaban J connectivity index is 3.34. The normalized spacial score (nSPS) is 27.4. The van der Waals surface area contributed by atoms with Gasteiger partial charge in [-0.05, 0) is 30.9 Å². The Morgan fingerprint density at radius 1 is 1.29 bits per heavy atom. The molecular weight excluding hydrogens is 216 g/mol. The number of allylic oxidation sites excluding steroid dienone is 2. The van der Waals surface area contributed by atoms with Crippen LogP contribution in [0.15, 0.2) is 33.3 Å². The molecule has 0 bridgehead atoms. The third-order valence-electron chi connectivity index (χ3n) is 3.04. The van der Waals surface area contributed by atoms with Crippen LogP contribution >= 0.6 is 0 Å². The fourth-order valence-electron chi connectivity index (χ4n) is 2.15. The number of hydrogen-bond acceptors (Lipinski definition) is 4. The average Bonchev–Trinajstić information content (AvgIpc) is 2.32. The Hall–Kier alpha value is -1.76. The van der Waals surface area contributed by atoms with E-state index in [4.69, 9.17) is 0 Å². The van der Waals surface area contributed by atoms with Gasteiger partial charge in [0.25, 0.3) is 0 Å². The lowest BCUT2D eigenvalue weighted by Crippen LogP contribution is -2.38. The molecule has 1 aliphatic carbocycles. The van der Waals surface area contributed by atoms with Crippen LogP contribution in [0.1, 0.15) is 33.6 Å². The predicted molar refractivity (Wildman–Crippen MR) is 65.2 cm³/mol. The molecule has 2 unspecified atom stereocenters.